The summed E-state index contributed by atoms with van der Waals surface area (Å²) in [6, 6.07) is 16.8. The Morgan fingerprint density at radius 1 is 1.18 bits per heavy atom. The molecule has 0 spiro atoms. The third-order valence-corrected chi connectivity index (χ3v) is 3.74. The molecule has 0 bridgehead atoms. The Labute approximate surface area is 128 Å². The highest BCUT2D eigenvalue weighted by Crippen LogP contribution is 2.25. The molecule has 0 aliphatic carbocycles. The van der Waals surface area contributed by atoms with Crippen molar-refractivity contribution in [2.45, 2.75) is 18.9 Å². The lowest BCUT2D eigenvalue weighted by Gasteiger charge is -2.23. The Morgan fingerprint density at radius 2 is 1.95 bits per heavy atom. The Balaban J connectivity index is 1.71. The van der Waals surface area contributed by atoms with Crippen LogP contribution in [0.25, 0.3) is 10.9 Å². The summed E-state index contributed by atoms with van der Waals surface area (Å²) in [6.07, 6.45) is 1.86. The first-order chi connectivity index (χ1) is 10.5. The van der Waals surface area contributed by atoms with E-state index in [0.717, 1.165) is 22.2 Å². The number of amides is 1. The fraction of sp³-hybridized carbons (Fsp3) is 0.167. The van der Waals surface area contributed by atoms with Gasteiger partial charge in [0.25, 0.3) is 0 Å². The molecular formula is C18H18N2O2. The van der Waals surface area contributed by atoms with Crippen molar-refractivity contribution < 1.29 is 9.90 Å². The normalized spacial score (nSPS) is 13.7. The summed E-state index contributed by atoms with van der Waals surface area (Å²) in [4.78, 5) is 15.3. The third-order valence-electron chi connectivity index (χ3n) is 3.74. The van der Waals surface area contributed by atoms with Crippen LogP contribution in [0.2, 0.25) is 0 Å². The second-order valence-electron chi connectivity index (χ2n) is 5.64. The first-order valence-corrected chi connectivity index (χ1v) is 7.19. The number of aromatic amines is 1. The predicted molar refractivity (Wildman–Crippen MR) is 87.6 cm³/mol. The van der Waals surface area contributed by atoms with Crippen molar-refractivity contribution in [3.8, 4) is 0 Å². The van der Waals surface area contributed by atoms with E-state index in [4.69, 9.17) is 0 Å². The van der Waals surface area contributed by atoms with Gasteiger partial charge in [-0.25, -0.2) is 0 Å². The second-order valence-corrected chi connectivity index (χ2v) is 5.64. The molecule has 0 aliphatic heterocycles. The van der Waals surface area contributed by atoms with Crippen molar-refractivity contribution in [1.82, 2.24) is 4.98 Å². The van der Waals surface area contributed by atoms with E-state index in [1.54, 1.807) is 6.92 Å². The molecule has 0 saturated heterocycles. The highest BCUT2D eigenvalue weighted by Gasteiger charge is 2.26. The number of fused-ring (bicyclic) bond motifs is 1. The summed E-state index contributed by atoms with van der Waals surface area (Å²) in [7, 11) is 0. The van der Waals surface area contributed by atoms with Crippen LogP contribution in [0, 0.1) is 0 Å². The van der Waals surface area contributed by atoms with Gasteiger partial charge in [0.15, 0.2) is 0 Å². The number of carbonyl (C=O) groups excluding carboxylic acids is 1. The van der Waals surface area contributed by atoms with Crippen LogP contribution in [0.1, 0.15) is 18.9 Å². The summed E-state index contributed by atoms with van der Waals surface area (Å²) in [5, 5.41) is 14.4. The summed E-state index contributed by atoms with van der Waals surface area (Å²) < 4.78 is 0. The lowest BCUT2D eigenvalue weighted by Crippen LogP contribution is -2.28. The van der Waals surface area contributed by atoms with E-state index in [-0.39, 0.29) is 12.3 Å². The van der Waals surface area contributed by atoms with Crippen LogP contribution in [0.4, 0.5) is 5.69 Å². The summed E-state index contributed by atoms with van der Waals surface area (Å²) in [6.45, 7) is 1.65. The lowest BCUT2D eigenvalue weighted by atomic mass is 9.92. The zero-order valence-corrected chi connectivity index (χ0v) is 12.3. The summed E-state index contributed by atoms with van der Waals surface area (Å²) in [5.74, 6) is -0.219. The van der Waals surface area contributed by atoms with Crippen molar-refractivity contribution in [2.75, 3.05) is 5.32 Å². The van der Waals surface area contributed by atoms with E-state index in [1.165, 1.54) is 0 Å². The summed E-state index contributed by atoms with van der Waals surface area (Å²) in [5.41, 5.74) is 1.28. The smallest absolute Gasteiger partial charge is 0.227 e. The zero-order valence-electron chi connectivity index (χ0n) is 12.3. The minimum atomic E-state index is -1.19. The van der Waals surface area contributed by atoms with E-state index in [2.05, 4.69) is 10.3 Å². The quantitative estimate of drug-likeness (QED) is 0.690. The molecule has 3 N–H and O–H groups in total. The maximum atomic E-state index is 12.2. The highest BCUT2D eigenvalue weighted by molar-refractivity contribution is 5.94. The highest BCUT2D eigenvalue weighted by atomic mass is 16.3. The van der Waals surface area contributed by atoms with E-state index in [0.29, 0.717) is 0 Å². The number of rotatable bonds is 4. The lowest BCUT2D eigenvalue weighted by molar-refractivity contribution is -0.120. The molecule has 1 amide bonds. The molecule has 22 heavy (non-hydrogen) atoms. The molecule has 1 aromatic heterocycles. The standard InChI is InChI=1S/C18H18N2O2/c1-18(22,14-5-3-2-4-6-14)12-17(21)20-15-7-8-16-13(11-15)9-10-19-16/h2-11,19,22H,12H2,1H3,(H,20,21). The minimum absolute atomic E-state index is 0.00217. The van der Waals surface area contributed by atoms with Gasteiger partial charge in [-0.15, -0.1) is 0 Å². The Hall–Kier alpha value is -2.59. The topological polar surface area (TPSA) is 65.1 Å². The molecule has 1 atom stereocenters. The Kier molecular flexibility index (Phi) is 3.69. The van der Waals surface area contributed by atoms with Gasteiger partial charge >= 0.3 is 0 Å². The molecule has 0 fully saturated rings. The number of carbonyl (C=O) groups is 1. The molecule has 4 heteroatoms. The molecular weight excluding hydrogens is 276 g/mol. The van der Waals surface area contributed by atoms with Gasteiger partial charge in [0.1, 0.15) is 0 Å². The fourth-order valence-electron chi connectivity index (χ4n) is 2.55. The van der Waals surface area contributed by atoms with Gasteiger partial charge in [-0.1, -0.05) is 30.3 Å². The molecule has 1 heterocycles. The average Bonchev–Trinajstić information content (AvgIpc) is 2.95. The van der Waals surface area contributed by atoms with Gasteiger partial charge in [0, 0.05) is 22.8 Å². The van der Waals surface area contributed by atoms with Crippen molar-refractivity contribution in [3.05, 3.63) is 66.4 Å². The van der Waals surface area contributed by atoms with E-state index in [9.17, 15) is 9.90 Å². The van der Waals surface area contributed by atoms with E-state index in [1.807, 2.05) is 60.8 Å². The number of hydrogen-bond donors (Lipinski definition) is 3. The molecule has 112 valence electrons. The SMILES string of the molecule is CC(O)(CC(=O)Nc1ccc2[nH]ccc2c1)c1ccccc1. The second kappa shape index (κ2) is 5.66. The van der Waals surface area contributed by atoms with Gasteiger partial charge in [0.05, 0.1) is 12.0 Å². The first kappa shape index (κ1) is 14.4. The maximum absolute atomic E-state index is 12.2. The Morgan fingerprint density at radius 3 is 2.73 bits per heavy atom. The maximum Gasteiger partial charge on any atom is 0.227 e. The number of nitrogens with one attached hydrogen (secondary N) is 2. The summed E-state index contributed by atoms with van der Waals surface area (Å²) >= 11 is 0. The predicted octanol–water partition coefficient (Wildman–Crippen LogP) is 3.40. The molecule has 0 radical (unpaired) electrons. The number of anilines is 1. The van der Waals surface area contributed by atoms with Crippen LogP contribution in [-0.4, -0.2) is 16.0 Å². The fourth-order valence-corrected chi connectivity index (χ4v) is 2.55. The number of aliphatic hydroxyl groups is 1. The average molecular weight is 294 g/mol. The molecule has 4 nitrogen and oxygen atoms in total. The largest absolute Gasteiger partial charge is 0.385 e. The monoisotopic (exact) mass is 294 g/mol. The van der Waals surface area contributed by atoms with Crippen molar-refractivity contribution in [1.29, 1.82) is 0 Å². The van der Waals surface area contributed by atoms with Gasteiger partial charge in [-0.05, 0) is 36.8 Å². The van der Waals surface area contributed by atoms with Gasteiger partial charge < -0.3 is 15.4 Å². The number of benzene rings is 2. The van der Waals surface area contributed by atoms with Crippen molar-refractivity contribution in [3.63, 3.8) is 0 Å². The van der Waals surface area contributed by atoms with Crippen molar-refractivity contribution >= 4 is 22.5 Å². The molecule has 3 aromatic rings. The van der Waals surface area contributed by atoms with Crippen molar-refractivity contribution in [2.24, 2.45) is 0 Å². The third kappa shape index (κ3) is 3.02. The molecule has 0 aliphatic rings. The molecule has 1 unspecified atom stereocenters. The molecule has 2 aromatic carbocycles. The van der Waals surface area contributed by atoms with Crippen LogP contribution < -0.4 is 5.32 Å². The van der Waals surface area contributed by atoms with Gasteiger partial charge in [0.2, 0.25) is 5.91 Å². The number of H-pyrrole nitrogens is 1. The van der Waals surface area contributed by atoms with Gasteiger partial charge in [-0.3, -0.25) is 4.79 Å². The van der Waals surface area contributed by atoms with Gasteiger partial charge in [-0.2, -0.15) is 0 Å². The van der Waals surface area contributed by atoms with Crippen LogP contribution in [0.3, 0.4) is 0 Å². The zero-order chi connectivity index (χ0) is 15.6. The van der Waals surface area contributed by atoms with Crippen LogP contribution in [-0.2, 0) is 10.4 Å². The van der Waals surface area contributed by atoms with Crippen LogP contribution in [0.5, 0.6) is 0 Å². The van der Waals surface area contributed by atoms with E-state index < -0.39 is 5.60 Å². The van der Waals surface area contributed by atoms with Crippen LogP contribution in [0.15, 0.2) is 60.8 Å². The molecule has 0 saturated carbocycles. The number of hydrogen-bond acceptors (Lipinski definition) is 2. The number of aromatic nitrogens is 1. The Bertz CT molecular complexity index is 791. The first-order valence-electron chi connectivity index (χ1n) is 7.19. The van der Waals surface area contributed by atoms with E-state index >= 15 is 0 Å². The molecule has 3 rings (SSSR count). The van der Waals surface area contributed by atoms with Crippen LogP contribution >= 0.6 is 0 Å². The minimum Gasteiger partial charge on any atom is -0.385 e.